The molecule has 1 aromatic heterocycles. The smallest absolute Gasteiger partial charge is 0.224 e. The van der Waals surface area contributed by atoms with E-state index in [-0.39, 0.29) is 24.1 Å². The highest BCUT2D eigenvalue weighted by Gasteiger charge is 2.07. The molecule has 0 fully saturated rings. The van der Waals surface area contributed by atoms with Crippen LogP contribution in [0.3, 0.4) is 0 Å². The van der Waals surface area contributed by atoms with E-state index in [0.717, 1.165) is 27.5 Å². The number of thiazole rings is 1. The fraction of sp³-hybridized carbons (Fsp3) is 0.190. The molecule has 3 rings (SSSR count). The second kappa shape index (κ2) is 9.23. The van der Waals surface area contributed by atoms with Crippen LogP contribution in [0.5, 0.6) is 0 Å². The van der Waals surface area contributed by atoms with Crippen molar-refractivity contribution in [1.29, 1.82) is 0 Å². The number of benzene rings is 2. The Morgan fingerprint density at radius 3 is 2.46 bits per heavy atom. The van der Waals surface area contributed by atoms with Crippen molar-refractivity contribution in [2.24, 2.45) is 0 Å². The number of nitrogens with one attached hydrogen (secondary N) is 2. The summed E-state index contributed by atoms with van der Waals surface area (Å²) >= 11 is 1.54. The first-order valence-electron chi connectivity index (χ1n) is 8.83. The highest BCUT2D eigenvalue weighted by molar-refractivity contribution is 7.09. The third-order valence-corrected chi connectivity index (χ3v) is 4.90. The molecule has 0 aliphatic heterocycles. The Balaban J connectivity index is 1.48. The molecule has 3 aromatic rings. The van der Waals surface area contributed by atoms with E-state index in [1.54, 1.807) is 23.5 Å². The van der Waals surface area contributed by atoms with Gasteiger partial charge in [0, 0.05) is 36.5 Å². The van der Waals surface area contributed by atoms with Gasteiger partial charge in [0.1, 0.15) is 5.82 Å². The summed E-state index contributed by atoms with van der Waals surface area (Å²) in [6.07, 6.45) is 0.869. The SMILES string of the molecule is CC(=O)Nc1ccc(-c2csc(CCNC(=O)Cc3ccc(F)cc3)n2)cc1. The van der Waals surface area contributed by atoms with Crippen LogP contribution in [-0.2, 0) is 22.4 Å². The number of halogens is 1. The van der Waals surface area contributed by atoms with Gasteiger partial charge in [-0.2, -0.15) is 0 Å². The van der Waals surface area contributed by atoms with E-state index in [1.807, 2.05) is 29.6 Å². The number of hydrogen-bond acceptors (Lipinski definition) is 4. The summed E-state index contributed by atoms with van der Waals surface area (Å²) in [6.45, 7) is 1.97. The molecule has 0 atom stereocenters. The number of amides is 2. The Hall–Kier alpha value is -3.06. The van der Waals surface area contributed by atoms with E-state index >= 15 is 0 Å². The topological polar surface area (TPSA) is 71.1 Å². The quantitative estimate of drug-likeness (QED) is 0.637. The molecule has 5 nitrogen and oxygen atoms in total. The van der Waals surface area contributed by atoms with E-state index in [1.165, 1.54) is 19.1 Å². The van der Waals surface area contributed by atoms with E-state index < -0.39 is 0 Å². The average molecular weight is 397 g/mol. The summed E-state index contributed by atoms with van der Waals surface area (Å²) in [4.78, 5) is 27.6. The first-order valence-corrected chi connectivity index (χ1v) is 9.71. The summed E-state index contributed by atoms with van der Waals surface area (Å²) < 4.78 is 12.9. The molecule has 1 heterocycles. The summed E-state index contributed by atoms with van der Waals surface area (Å²) in [5.74, 6) is -0.518. The summed E-state index contributed by atoms with van der Waals surface area (Å²) in [7, 11) is 0. The van der Waals surface area contributed by atoms with Crippen LogP contribution >= 0.6 is 11.3 Å². The monoisotopic (exact) mass is 397 g/mol. The molecule has 2 amide bonds. The van der Waals surface area contributed by atoms with Crippen LogP contribution in [0.1, 0.15) is 17.5 Å². The van der Waals surface area contributed by atoms with Gasteiger partial charge < -0.3 is 10.6 Å². The number of nitrogens with zero attached hydrogens (tertiary/aromatic N) is 1. The number of aromatic nitrogens is 1. The second-order valence-corrected chi connectivity index (χ2v) is 7.23. The van der Waals surface area contributed by atoms with E-state index in [0.29, 0.717) is 13.0 Å². The van der Waals surface area contributed by atoms with Gasteiger partial charge in [0.15, 0.2) is 0 Å². The van der Waals surface area contributed by atoms with Crippen molar-refractivity contribution in [2.45, 2.75) is 19.8 Å². The van der Waals surface area contributed by atoms with Gasteiger partial charge in [0.25, 0.3) is 0 Å². The molecule has 0 saturated carbocycles. The average Bonchev–Trinajstić information content (AvgIpc) is 3.13. The molecule has 0 aliphatic rings. The molecule has 0 aliphatic carbocycles. The van der Waals surface area contributed by atoms with Crippen LogP contribution < -0.4 is 10.6 Å². The summed E-state index contributed by atoms with van der Waals surface area (Å²) in [5.41, 5.74) is 3.36. The van der Waals surface area contributed by atoms with Crippen LogP contribution in [-0.4, -0.2) is 23.3 Å². The fourth-order valence-electron chi connectivity index (χ4n) is 2.64. The van der Waals surface area contributed by atoms with Crippen molar-refractivity contribution < 1.29 is 14.0 Å². The highest BCUT2D eigenvalue weighted by atomic mass is 32.1. The highest BCUT2D eigenvalue weighted by Crippen LogP contribution is 2.23. The zero-order chi connectivity index (χ0) is 19.9. The molecular weight excluding hydrogens is 377 g/mol. The van der Waals surface area contributed by atoms with Gasteiger partial charge in [-0.05, 0) is 29.8 Å². The van der Waals surface area contributed by atoms with Crippen molar-refractivity contribution in [2.75, 3.05) is 11.9 Å². The van der Waals surface area contributed by atoms with Crippen LogP contribution in [0.4, 0.5) is 10.1 Å². The maximum atomic E-state index is 12.9. The predicted molar refractivity (Wildman–Crippen MR) is 109 cm³/mol. The van der Waals surface area contributed by atoms with Crippen molar-refractivity contribution >= 4 is 28.8 Å². The summed E-state index contributed by atoms with van der Waals surface area (Å²) in [5, 5.41) is 8.50. The Kier molecular flexibility index (Phi) is 6.49. The first kappa shape index (κ1) is 19.7. The zero-order valence-corrected chi connectivity index (χ0v) is 16.2. The second-order valence-electron chi connectivity index (χ2n) is 6.29. The van der Waals surface area contributed by atoms with E-state index in [4.69, 9.17) is 0 Å². The van der Waals surface area contributed by atoms with Crippen molar-refractivity contribution in [3.63, 3.8) is 0 Å². The molecule has 28 heavy (non-hydrogen) atoms. The molecule has 144 valence electrons. The third-order valence-electron chi connectivity index (χ3n) is 3.99. The van der Waals surface area contributed by atoms with Crippen LogP contribution in [0.25, 0.3) is 11.3 Å². The van der Waals surface area contributed by atoms with Crippen LogP contribution in [0.15, 0.2) is 53.9 Å². The van der Waals surface area contributed by atoms with Gasteiger partial charge in [0.05, 0.1) is 17.1 Å². The fourth-order valence-corrected chi connectivity index (χ4v) is 3.45. The number of anilines is 1. The van der Waals surface area contributed by atoms with Gasteiger partial charge in [-0.25, -0.2) is 9.37 Å². The van der Waals surface area contributed by atoms with Gasteiger partial charge in [-0.15, -0.1) is 11.3 Å². The standard InChI is InChI=1S/C21H20FN3O2S/c1-14(26)24-18-8-4-16(5-9-18)19-13-28-21(25-19)10-11-23-20(27)12-15-2-6-17(22)7-3-15/h2-9,13H,10-12H2,1H3,(H,23,27)(H,24,26). The molecule has 0 radical (unpaired) electrons. The molecule has 0 bridgehead atoms. The lowest BCUT2D eigenvalue weighted by Gasteiger charge is -2.04. The van der Waals surface area contributed by atoms with Crippen molar-refractivity contribution in [3.8, 4) is 11.3 Å². The lowest BCUT2D eigenvalue weighted by molar-refractivity contribution is -0.120. The van der Waals surface area contributed by atoms with Gasteiger partial charge in [-0.1, -0.05) is 24.3 Å². The molecule has 0 unspecified atom stereocenters. The minimum Gasteiger partial charge on any atom is -0.355 e. The molecular formula is C21H20FN3O2S. The number of carbonyl (C=O) groups excluding carboxylic acids is 2. The normalized spacial score (nSPS) is 10.5. The Morgan fingerprint density at radius 1 is 1.07 bits per heavy atom. The molecule has 7 heteroatoms. The maximum Gasteiger partial charge on any atom is 0.224 e. The van der Waals surface area contributed by atoms with Crippen molar-refractivity contribution in [3.05, 3.63) is 70.3 Å². The minimum absolute atomic E-state index is 0.100. The number of carbonyl (C=O) groups is 2. The zero-order valence-electron chi connectivity index (χ0n) is 15.4. The molecule has 0 saturated heterocycles. The maximum absolute atomic E-state index is 12.9. The Bertz CT molecular complexity index is 953. The molecule has 2 N–H and O–H groups in total. The third kappa shape index (κ3) is 5.72. The lowest BCUT2D eigenvalue weighted by atomic mass is 10.1. The Morgan fingerprint density at radius 2 is 1.79 bits per heavy atom. The first-order chi connectivity index (χ1) is 13.5. The van der Waals surface area contributed by atoms with Gasteiger partial charge in [-0.3, -0.25) is 9.59 Å². The molecule has 2 aromatic carbocycles. The Labute approximate surface area is 166 Å². The van der Waals surface area contributed by atoms with Gasteiger partial charge >= 0.3 is 0 Å². The van der Waals surface area contributed by atoms with Crippen molar-refractivity contribution in [1.82, 2.24) is 10.3 Å². The molecule has 0 spiro atoms. The van der Waals surface area contributed by atoms with Crippen LogP contribution in [0.2, 0.25) is 0 Å². The predicted octanol–water partition coefficient (Wildman–Crippen LogP) is 3.81. The van der Waals surface area contributed by atoms with E-state index in [9.17, 15) is 14.0 Å². The lowest BCUT2D eigenvalue weighted by Crippen LogP contribution is -2.27. The van der Waals surface area contributed by atoms with Gasteiger partial charge in [0.2, 0.25) is 11.8 Å². The largest absolute Gasteiger partial charge is 0.355 e. The number of rotatable bonds is 7. The number of hydrogen-bond donors (Lipinski definition) is 2. The summed E-state index contributed by atoms with van der Waals surface area (Å²) in [6, 6.07) is 13.4. The van der Waals surface area contributed by atoms with Crippen LogP contribution in [0, 0.1) is 5.82 Å². The minimum atomic E-state index is -0.312. The van der Waals surface area contributed by atoms with E-state index in [2.05, 4.69) is 15.6 Å².